The van der Waals surface area contributed by atoms with Crippen LogP contribution in [0.5, 0.6) is 0 Å². The summed E-state index contributed by atoms with van der Waals surface area (Å²) in [6, 6.07) is 8.33. The number of aliphatic hydroxyl groups excluding tert-OH is 1. The van der Waals surface area contributed by atoms with E-state index in [4.69, 9.17) is 0 Å². The fourth-order valence-corrected chi connectivity index (χ4v) is 6.53. The van der Waals surface area contributed by atoms with E-state index in [-0.39, 0.29) is 36.3 Å². The van der Waals surface area contributed by atoms with Crippen molar-refractivity contribution in [1.29, 1.82) is 5.26 Å². The van der Waals surface area contributed by atoms with Crippen molar-refractivity contribution in [3.8, 4) is 6.07 Å². The van der Waals surface area contributed by atoms with Crippen LogP contribution in [0.3, 0.4) is 0 Å². The quantitative estimate of drug-likeness (QED) is 0.431. The Morgan fingerprint density at radius 3 is 2.39 bits per heavy atom. The number of nitriles is 1. The van der Waals surface area contributed by atoms with Gasteiger partial charge in [-0.1, -0.05) is 26.0 Å². The largest absolute Gasteiger partial charge is 0.416 e. The van der Waals surface area contributed by atoms with Gasteiger partial charge >= 0.3 is 11.9 Å². The van der Waals surface area contributed by atoms with Gasteiger partial charge in [0, 0.05) is 38.8 Å². The Bertz CT molecular complexity index is 1620. The Labute approximate surface area is 253 Å². The highest BCUT2D eigenvalue weighted by molar-refractivity contribution is 5.87. The number of anilines is 1. The summed E-state index contributed by atoms with van der Waals surface area (Å²) in [6.07, 6.45) is -1.91. The van der Waals surface area contributed by atoms with Crippen molar-refractivity contribution in [2.45, 2.75) is 69.9 Å². The van der Waals surface area contributed by atoms with E-state index in [1.165, 1.54) is 16.7 Å². The second kappa shape index (κ2) is 12.5. The van der Waals surface area contributed by atoms with Crippen LogP contribution in [0.25, 0.3) is 11.0 Å². The summed E-state index contributed by atoms with van der Waals surface area (Å²) in [5.41, 5.74) is 0.335. The third kappa shape index (κ3) is 5.76. The van der Waals surface area contributed by atoms with Crippen molar-refractivity contribution in [1.82, 2.24) is 24.3 Å². The summed E-state index contributed by atoms with van der Waals surface area (Å²) in [5, 5.41) is 19.5. The maximum Gasteiger partial charge on any atom is 0.416 e. The number of piperazine rings is 1. The number of benzene rings is 1. The van der Waals surface area contributed by atoms with E-state index in [1.807, 2.05) is 24.8 Å². The molecule has 4 heterocycles. The molecule has 44 heavy (non-hydrogen) atoms. The molecule has 2 saturated heterocycles. The lowest BCUT2D eigenvalue weighted by atomic mass is 9.94. The van der Waals surface area contributed by atoms with E-state index in [0.717, 1.165) is 18.6 Å². The first kappa shape index (κ1) is 31.4. The lowest BCUT2D eigenvalue weighted by Gasteiger charge is -2.50. The Morgan fingerprint density at radius 2 is 1.77 bits per heavy atom. The number of aliphatic hydroxyl groups is 1. The van der Waals surface area contributed by atoms with Crippen LogP contribution >= 0.6 is 0 Å². The predicted octanol–water partition coefficient (Wildman–Crippen LogP) is 3.62. The number of hydrogen-bond donors (Lipinski definition) is 1. The van der Waals surface area contributed by atoms with Gasteiger partial charge in [-0.25, -0.2) is 9.78 Å². The number of likely N-dealkylation sites (tertiary alicyclic amines) is 1. The highest BCUT2D eigenvalue weighted by atomic mass is 19.4. The molecule has 2 aliphatic heterocycles. The number of nitrogens with zero attached hydrogens (tertiary/aromatic N) is 7. The summed E-state index contributed by atoms with van der Waals surface area (Å²) < 4.78 is 41.7. The normalized spacial score (nSPS) is 21.9. The van der Waals surface area contributed by atoms with Gasteiger partial charge in [0.15, 0.2) is 5.82 Å². The van der Waals surface area contributed by atoms with Crippen molar-refractivity contribution in [2.24, 2.45) is 7.05 Å². The molecule has 1 amide bonds. The molecule has 10 nitrogen and oxygen atoms in total. The van der Waals surface area contributed by atoms with Crippen LogP contribution in [0, 0.1) is 11.3 Å². The smallest absolute Gasteiger partial charge is 0.394 e. The van der Waals surface area contributed by atoms with Gasteiger partial charge in [-0.05, 0) is 55.5 Å². The van der Waals surface area contributed by atoms with Crippen LogP contribution in [0.1, 0.15) is 62.4 Å². The molecule has 0 spiro atoms. The van der Waals surface area contributed by atoms with Gasteiger partial charge in [-0.15, -0.1) is 0 Å². The van der Waals surface area contributed by atoms with Crippen molar-refractivity contribution in [2.75, 3.05) is 31.1 Å². The second-order valence-corrected chi connectivity index (χ2v) is 11.5. The van der Waals surface area contributed by atoms with Crippen molar-refractivity contribution < 1.29 is 23.1 Å². The lowest BCUT2D eigenvalue weighted by molar-refractivity contribution is -0.140. The first-order chi connectivity index (χ1) is 21.0. The fraction of sp³-hybridized carbons (Fsp3) is 0.516. The minimum Gasteiger partial charge on any atom is -0.394 e. The number of hydrogen-bond acceptors (Lipinski definition) is 8. The fourth-order valence-electron chi connectivity index (χ4n) is 6.53. The number of rotatable bonds is 7. The van der Waals surface area contributed by atoms with Gasteiger partial charge in [0.1, 0.15) is 23.3 Å². The Kier molecular flexibility index (Phi) is 8.95. The Hall–Kier alpha value is -4.02. The lowest BCUT2D eigenvalue weighted by Crippen LogP contribution is -2.61. The zero-order chi connectivity index (χ0) is 31.8. The first-order valence-corrected chi connectivity index (χ1v) is 14.9. The van der Waals surface area contributed by atoms with Crippen LogP contribution in [0.4, 0.5) is 19.0 Å². The van der Waals surface area contributed by atoms with E-state index in [9.17, 15) is 33.1 Å². The average Bonchev–Trinajstić information content (AvgIpc) is 3.51. The molecule has 3 aromatic rings. The SMILES string of the molecule is CC[C@H]1CN(C(C(=O)N2CCC[C@H]2CO)c2ccc(C(F)(F)F)cc2)[C@H](CC)CN1c1nc(=O)n(C)c2ccc(C#N)nc12. The number of carbonyl (C=O) groups is 1. The van der Waals surface area contributed by atoms with Crippen LogP contribution in [-0.4, -0.2) is 79.7 Å². The molecular weight excluding hydrogens is 575 g/mol. The summed E-state index contributed by atoms with van der Waals surface area (Å²) in [4.78, 5) is 41.8. The molecule has 0 aliphatic carbocycles. The third-order valence-electron chi connectivity index (χ3n) is 8.99. The van der Waals surface area contributed by atoms with E-state index < -0.39 is 23.5 Å². The summed E-state index contributed by atoms with van der Waals surface area (Å²) in [5.74, 6) is 0.114. The van der Waals surface area contributed by atoms with E-state index in [0.29, 0.717) is 61.3 Å². The number of pyridine rings is 1. The van der Waals surface area contributed by atoms with Gasteiger partial charge in [0.25, 0.3) is 0 Å². The molecule has 234 valence electrons. The van der Waals surface area contributed by atoms with E-state index in [2.05, 4.69) is 14.9 Å². The van der Waals surface area contributed by atoms with Gasteiger partial charge in [0.05, 0.1) is 23.7 Å². The molecular formula is C31H36F3N7O3. The van der Waals surface area contributed by atoms with Gasteiger partial charge in [-0.3, -0.25) is 14.3 Å². The van der Waals surface area contributed by atoms with Crippen LogP contribution in [0.2, 0.25) is 0 Å². The standard InChI is InChI=1S/C31H36F3N7O3/c1-4-22-17-41(28-26-25(38(3)30(44)37-28)13-12-21(15-35)36-26)23(5-2)16-40(22)27(29(43)39-14-6-7-24(39)18-42)19-8-10-20(11-9-19)31(32,33)34/h8-13,22-24,27,42H,4-7,14,16-18H2,1-3H3/t22-,23+,24+,27?/m1/s1. The number of fused-ring (bicyclic) bond motifs is 1. The number of amides is 1. The van der Waals surface area contributed by atoms with Crippen molar-refractivity contribution in [3.63, 3.8) is 0 Å². The predicted molar refractivity (Wildman–Crippen MR) is 158 cm³/mol. The molecule has 0 radical (unpaired) electrons. The van der Waals surface area contributed by atoms with Gasteiger partial charge in [0.2, 0.25) is 5.91 Å². The summed E-state index contributed by atoms with van der Waals surface area (Å²) in [7, 11) is 1.59. The Morgan fingerprint density at radius 1 is 1.07 bits per heavy atom. The Balaban J connectivity index is 1.58. The molecule has 2 fully saturated rings. The number of carbonyl (C=O) groups excluding carboxylic acids is 1. The molecule has 1 N–H and O–H groups in total. The minimum atomic E-state index is -4.51. The first-order valence-electron chi connectivity index (χ1n) is 14.9. The third-order valence-corrected chi connectivity index (χ3v) is 8.99. The summed E-state index contributed by atoms with van der Waals surface area (Å²) >= 11 is 0. The average molecular weight is 612 g/mol. The highest BCUT2D eigenvalue weighted by Crippen LogP contribution is 2.37. The molecule has 5 rings (SSSR count). The zero-order valence-electron chi connectivity index (χ0n) is 25.0. The summed E-state index contributed by atoms with van der Waals surface area (Å²) in [6.45, 7) is 4.97. The molecule has 4 atom stereocenters. The number of alkyl halides is 3. The molecule has 13 heteroatoms. The monoisotopic (exact) mass is 611 g/mol. The molecule has 0 saturated carbocycles. The van der Waals surface area contributed by atoms with Crippen LogP contribution < -0.4 is 10.6 Å². The minimum absolute atomic E-state index is 0.187. The van der Waals surface area contributed by atoms with Crippen LogP contribution in [0.15, 0.2) is 41.2 Å². The number of aryl methyl sites for hydroxylation is 1. The van der Waals surface area contributed by atoms with Crippen molar-refractivity contribution in [3.05, 3.63) is 63.7 Å². The van der Waals surface area contributed by atoms with Crippen molar-refractivity contribution >= 4 is 22.8 Å². The number of aromatic nitrogens is 3. The molecule has 1 aromatic carbocycles. The zero-order valence-corrected chi connectivity index (χ0v) is 25.0. The second-order valence-electron chi connectivity index (χ2n) is 11.5. The molecule has 2 aliphatic rings. The maximum atomic E-state index is 14.3. The van der Waals surface area contributed by atoms with E-state index >= 15 is 0 Å². The maximum absolute atomic E-state index is 14.3. The molecule has 2 aromatic heterocycles. The highest BCUT2D eigenvalue weighted by Gasteiger charge is 2.44. The number of halogens is 3. The topological polar surface area (TPSA) is 119 Å². The van der Waals surface area contributed by atoms with E-state index in [1.54, 1.807) is 24.1 Å². The molecule has 0 bridgehead atoms. The van der Waals surface area contributed by atoms with Crippen LogP contribution in [-0.2, 0) is 18.0 Å². The van der Waals surface area contributed by atoms with Gasteiger partial charge < -0.3 is 14.9 Å². The van der Waals surface area contributed by atoms with Gasteiger partial charge in [-0.2, -0.15) is 23.4 Å². The molecule has 1 unspecified atom stereocenters.